The zero-order valence-corrected chi connectivity index (χ0v) is 20.0. The van der Waals surface area contributed by atoms with Gasteiger partial charge >= 0.3 is 24.3 Å². The minimum absolute atomic E-state index is 0.641. The topological polar surface area (TPSA) is 94.0 Å². The Labute approximate surface area is 210 Å². The average Bonchev–Trinajstić information content (AvgIpc) is 2.84. The molecule has 1 saturated heterocycles. The molecule has 0 bridgehead atoms. The number of carboxylic acids is 2. The number of nitrogens with zero attached hydrogens (tertiary/aromatic N) is 3. The Hall–Kier alpha value is -3.19. The molecule has 1 atom stereocenters. The number of carboxylic acid groups (broad SMARTS) is 2. The summed E-state index contributed by atoms with van der Waals surface area (Å²) in [4.78, 5) is 27.3. The summed E-state index contributed by atoms with van der Waals surface area (Å²) in [7, 11) is 0. The summed E-state index contributed by atoms with van der Waals surface area (Å²) in [6, 6.07) is 17.0. The van der Waals surface area contributed by atoms with Gasteiger partial charge in [0.15, 0.2) is 0 Å². The highest BCUT2D eigenvalue weighted by atomic mass is 19.4. The summed E-state index contributed by atoms with van der Waals surface area (Å²) >= 11 is 0. The van der Waals surface area contributed by atoms with Gasteiger partial charge < -0.3 is 15.1 Å². The van der Waals surface area contributed by atoms with Gasteiger partial charge in [0.2, 0.25) is 0 Å². The maximum atomic E-state index is 10.6. The third-order valence-electron chi connectivity index (χ3n) is 5.31. The summed E-state index contributed by atoms with van der Waals surface area (Å²) in [6.07, 6.45) is -7.04. The molecule has 37 heavy (non-hydrogen) atoms. The van der Waals surface area contributed by atoms with Crippen molar-refractivity contribution in [3.8, 4) is 0 Å². The number of piperazine rings is 1. The molecule has 0 amide bonds. The molecule has 206 valence electrons. The molecule has 7 nitrogen and oxygen atoms in total. The summed E-state index contributed by atoms with van der Waals surface area (Å²) in [5.74, 6) is -4.87. The number of hydrogen-bond donors (Lipinski definition) is 2. The molecule has 0 saturated carbocycles. The SMILES string of the molecule is C[C@H](CCN1CCN(Cc2ccccn2)CC1)c1ccccc1.O=C(O)C(F)(F)F.O=C(O)C(F)(F)F. The van der Waals surface area contributed by atoms with Crippen LogP contribution in [-0.4, -0.2) is 82.0 Å². The fourth-order valence-electron chi connectivity index (χ4n) is 3.22. The Morgan fingerprint density at radius 3 is 1.73 bits per heavy atom. The van der Waals surface area contributed by atoms with Crippen molar-refractivity contribution in [2.45, 2.75) is 38.2 Å². The summed E-state index contributed by atoms with van der Waals surface area (Å²) in [5, 5.41) is 14.2. The van der Waals surface area contributed by atoms with Crippen molar-refractivity contribution in [1.29, 1.82) is 0 Å². The molecule has 2 aromatic rings. The van der Waals surface area contributed by atoms with Crippen LogP contribution in [-0.2, 0) is 16.1 Å². The first-order valence-corrected chi connectivity index (χ1v) is 11.2. The second-order valence-electron chi connectivity index (χ2n) is 8.15. The first kappa shape index (κ1) is 31.8. The fourth-order valence-corrected chi connectivity index (χ4v) is 3.22. The van der Waals surface area contributed by atoms with Crippen LogP contribution in [0.4, 0.5) is 26.3 Å². The Bertz CT molecular complexity index is 911. The smallest absolute Gasteiger partial charge is 0.475 e. The van der Waals surface area contributed by atoms with E-state index in [-0.39, 0.29) is 0 Å². The lowest BCUT2D eigenvalue weighted by atomic mass is 9.97. The van der Waals surface area contributed by atoms with Crippen molar-refractivity contribution >= 4 is 11.9 Å². The maximum absolute atomic E-state index is 10.6. The number of aromatic nitrogens is 1. The Morgan fingerprint density at radius 2 is 1.30 bits per heavy atom. The molecule has 2 heterocycles. The third kappa shape index (κ3) is 13.6. The molecule has 3 rings (SSSR count). The first-order chi connectivity index (χ1) is 17.2. The van der Waals surface area contributed by atoms with Gasteiger partial charge in [-0.3, -0.25) is 9.88 Å². The summed E-state index contributed by atoms with van der Waals surface area (Å²) in [5.41, 5.74) is 2.64. The third-order valence-corrected chi connectivity index (χ3v) is 5.31. The van der Waals surface area contributed by atoms with E-state index in [1.807, 2.05) is 12.3 Å². The van der Waals surface area contributed by atoms with Crippen LogP contribution in [0.25, 0.3) is 0 Å². The molecule has 1 aromatic carbocycles. The van der Waals surface area contributed by atoms with Crippen LogP contribution in [0.15, 0.2) is 54.7 Å². The largest absolute Gasteiger partial charge is 0.490 e. The first-order valence-electron chi connectivity index (χ1n) is 11.2. The molecule has 1 aliphatic heterocycles. The molecular weight excluding hydrogens is 508 g/mol. The van der Waals surface area contributed by atoms with E-state index >= 15 is 0 Å². The predicted octanol–water partition coefficient (Wildman–Crippen LogP) is 4.66. The van der Waals surface area contributed by atoms with Crippen LogP contribution in [0.1, 0.15) is 30.5 Å². The van der Waals surface area contributed by atoms with Crippen molar-refractivity contribution in [1.82, 2.24) is 14.8 Å². The number of benzene rings is 1. The highest BCUT2D eigenvalue weighted by molar-refractivity contribution is 5.73. The zero-order chi connectivity index (χ0) is 28.1. The van der Waals surface area contributed by atoms with Crippen LogP contribution in [0, 0.1) is 0 Å². The van der Waals surface area contributed by atoms with Crippen LogP contribution in [0.2, 0.25) is 0 Å². The van der Waals surface area contributed by atoms with Gasteiger partial charge in [0.25, 0.3) is 0 Å². The van der Waals surface area contributed by atoms with Crippen molar-refractivity contribution in [2.24, 2.45) is 0 Å². The van der Waals surface area contributed by atoms with Gasteiger partial charge in [0.1, 0.15) is 0 Å². The average molecular weight is 538 g/mol. The molecule has 0 radical (unpaired) electrons. The van der Waals surface area contributed by atoms with E-state index < -0.39 is 24.3 Å². The summed E-state index contributed by atoms with van der Waals surface area (Å²) < 4.78 is 63.5. The summed E-state index contributed by atoms with van der Waals surface area (Å²) in [6.45, 7) is 9.17. The quantitative estimate of drug-likeness (QED) is 0.518. The number of alkyl halides is 6. The highest BCUT2D eigenvalue weighted by Crippen LogP contribution is 2.19. The van der Waals surface area contributed by atoms with Gasteiger partial charge in [-0.1, -0.05) is 43.3 Å². The molecule has 0 spiro atoms. The van der Waals surface area contributed by atoms with Gasteiger partial charge in [0, 0.05) is 38.9 Å². The Kier molecular flexibility index (Phi) is 13.0. The number of aliphatic carboxylic acids is 2. The van der Waals surface area contributed by atoms with Gasteiger partial charge in [-0.05, 0) is 36.6 Å². The number of carbonyl (C=O) groups is 2. The van der Waals surface area contributed by atoms with E-state index in [0.29, 0.717) is 5.92 Å². The van der Waals surface area contributed by atoms with Gasteiger partial charge in [-0.25, -0.2) is 9.59 Å². The van der Waals surface area contributed by atoms with E-state index in [2.05, 4.69) is 64.2 Å². The van der Waals surface area contributed by atoms with E-state index in [0.717, 1.165) is 19.6 Å². The molecule has 0 aliphatic carbocycles. The van der Waals surface area contributed by atoms with Crippen molar-refractivity contribution in [2.75, 3.05) is 32.7 Å². The zero-order valence-electron chi connectivity index (χ0n) is 20.0. The molecule has 2 N–H and O–H groups in total. The van der Waals surface area contributed by atoms with E-state index in [9.17, 15) is 26.3 Å². The Morgan fingerprint density at radius 1 is 0.838 bits per heavy atom. The lowest BCUT2D eigenvalue weighted by Gasteiger charge is -2.35. The minimum atomic E-state index is -5.08. The number of halogens is 6. The van der Waals surface area contributed by atoms with Crippen molar-refractivity contribution in [3.63, 3.8) is 0 Å². The molecule has 1 fully saturated rings. The number of rotatable bonds is 6. The van der Waals surface area contributed by atoms with Crippen LogP contribution in [0.5, 0.6) is 0 Å². The van der Waals surface area contributed by atoms with Crippen molar-refractivity contribution < 1.29 is 46.1 Å². The lowest BCUT2D eigenvalue weighted by Crippen LogP contribution is -2.46. The monoisotopic (exact) mass is 537 g/mol. The van der Waals surface area contributed by atoms with Crippen molar-refractivity contribution in [3.05, 3.63) is 66.0 Å². The number of hydrogen-bond acceptors (Lipinski definition) is 5. The molecule has 1 aliphatic rings. The molecule has 0 unspecified atom stereocenters. The molecule has 13 heteroatoms. The normalized spacial score (nSPS) is 15.4. The second-order valence-corrected chi connectivity index (χ2v) is 8.15. The van der Waals surface area contributed by atoms with E-state index in [1.54, 1.807) is 0 Å². The lowest BCUT2D eigenvalue weighted by molar-refractivity contribution is -0.193. The van der Waals surface area contributed by atoms with Gasteiger partial charge in [-0.15, -0.1) is 0 Å². The Balaban J connectivity index is 0.000000404. The second kappa shape index (κ2) is 15.2. The predicted molar refractivity (Wildman–Crippen MR) is 123 cm³/mol. The van der Waals surface area contributed by atoms with Gasteiger partial charge in [0.05, 0.1) is 5.69 Å². The maximum Gasteiger partial charge on any atom is 0.490 e. The minimum Gasteiger partial charge on any atom is -0.475 e. The molecule has 1 aromatic heterocycles. The number of pyridine rings is 1. The van der Waals surface area contributed by atoms with Crippen LogP contribution < -0.4 is 0 Å². The van der Waals surface area contributed by atoms with Gasteiger partial charge in [-0.2, -0.15) is 26.3 Å². The van der Waals surface area contributed by atoms with E-state index in [1.165, 1.54) is 37.3 Å². The fraction of sp³-hybridized carbons (Fsp3) is 0.458. The van der Waals surface area contributed by atoms with E-state index in [4.69, 9.17) is 19.8 Å². The highest BCUT2D eigenvalue weighted by Gasteiger charge is 2.38. The van der Waals surface area contributed by atoms with Crippen LogP contribution in [0.3, 0.4) is 0 Å². The standard InChI is InChI=1S/C20H27N3.2C2HF3O2/c1-18(19-7-3-2-4-8-19)10-12-22-13-15-23(16-14-22)17-20-9-5-6-11-21-20;2*3-2(4,5)1(6)7/h2-9,11,18H,10,12-17H2,1H3;2*(H,6,7)/t18-;;/m1../s1. The molecular formula is C24H29F6N3O4. The van der Waals surface area contributed by atoms with Crippen LogP contribution >= 0.6 is 0 Å².